The van der Waals surface area contributed by atoms with Gasteiger partial charge in [-0.3, -0.25) is 37.3 Å². The van der Waals surface area contributed by atoms with E-state index >= 15 is 0 Å². The van der Waals surface area contributed by atoms with Crippen LogP contribution >= 0.6 is 15.6 Å². The van der Waals surface area contributed by atoms with Gasteiger partial charge in [0.05, 0.1) is 26.4 Å². The molecule has 0 saturated heterocycles. The number of carbonyl (C=O) groups is 4. The zero-order valence-electron chi connectivity index (χ0n) is 64.8. The number of carbonyl (C=O) groups excluding carboxylic acids is 4. The summed E-state index contributed by atoms with van der Waals surface area (Å²) in [5.74, 6) is -0.623. The number of phosphoric ester groups is 2. The minimum Gasteiger partial charge on any atom is -0.462 e. The van der Waals surface area contributed by atoms with Gasteiger partial charge < -0.3 is 33.8 Å². The van der Waals surface area contributed by atoms with Crippen LogP contribution in [0.5, 0.6) is 0 Å². The lowest BCUT2D eigenvalue weighted by Gasteiger charge is -2.21. The molecule has 0 rings (SSSR count). The Morgan fingerprint density at radius 1 is 0.273 bits per heavy atom. The van der Waals surface area contributed by atoms with E-state index in [2.05, 4.69) is 41.5 Å². The molecule has 0 aliphatic heterocycles. The normalized spacial score (nSPS) is 13.9. The van der Waals surface area contributed by atoms with Gasteiger partial charge in [0.1, 0.15) is 19.3 Å². The van der Waals surface area contributed by atoms with Crippen LogP contribution in [0, 0.1) is 11.8 Å². The zero-order chi connectivity index (χ0) is 72.8. The van der Waals surface area contributed by atoms with Crippen molar-refractivity contribution in [2.45, 2.75) is 439 Å². The van der Waals surface area contributed by atoms with Crippen LogP contribution < -0.4 is 0 Å². The van der Waals surface area contributed by atoms with E-state index < -0.39 is 97.5 Å². The maximum absolute atomic E-state index is 13.1. The molecule has 17 nitrogen and oxygen atoms in total. The number of esters is 4. The molecule has 0 aromatic carbocycles. The van der Waals surface area contributed by atoms with Crippen molar-refractivity contribution in [2.75, 3.05) is 39.6 Å². The van der Waals surface area contributed by atoms with Crippen molar-refractivity contribution in [3.05, 3.63) is 0 Å². The number of unbranched alkanes of at least 4 members (excludes halogenated alkanes) is 49. The van der Waals surface area contributed by atoms with Gasteiger partial charge in [-0.05, 0) is 37.5 Å². The first kappa shape index (κ1) is 97.1. The predicted molar refractivity (Wildman–Crippen MR) is 405 cm³/mol. The van der Waals surface area contributed by atoms with Gasteiger partial charge in [-0.1, -0.05) is 369 Å². The molecule has 0 spiro atoms. The van der Waals surface area contributed by atoms with Crippen LogP contribution in [-0.4, -0.2) is 96.7 Å². The van der Waals surface area contributed by atoms with E-state index in [1.807, 2.05) is 0 Å². The minimum absolute atomic E-state index is 0.106. The highest BCUT2D eigenvalue weighted by Crippen LogP contribution is 2.45. The summed E-state index contributed by atoms with van der Waals surface area (Å²) in [6.07, 6.45) is 61.3. The molecule has 0 aromatic heterocycles. The summed E-state index contributed by atoms with van der Waals surface area (Å²) >= 11 is 0. The van der Waals surface area contributed by atoms with Crippen LogP contribution in [0.4, 0.5) is 0 Å². The number of rotatable bonds is 79. The lowest BCUT2D eigenvalue weighted by Crippen LogP contribution is -2.30. The Bertz CT molecular complexity index is 1910. The van der Waals surface area contributed by atoms with Crippen molar-refractivity contribution < 1.29 is 80.2 Å². The second-order valence-electron chi connectivity index (χ2n) is 29.8. The lowest BCUT2D eigenvalue weighted by molar-refractivity contribution is -0.161. The third kappa shape index (κ3) is 74.1. The standard InChI is InChI=1S/C80H156O17P2/c1-7-9-11-13-15-17-19-21-22-23-24-25-29-32-36-39-43-50-56-62-77(82)90-68-75(96-80(85)65-59-53-45-41-37-33-30-27-26-28-31-34-38-42-48-54-60-72(3)4)70-94-98(86,87)92-66-74(81)67-93-99(88,89)95-71-76(69-91-78(83)63-57-51-47-46-49-55-61-73(5)6)97-79(84)64-58-52-44-40-35-20-18-16-14-12-10-8-2/h72-76,81H,7-71H2,1-6H3,(H,86,87)(H,88,89)/t74-,75-,76-/m1/s1. The summed E-state index contributed by atoms with van der Waals surface area (Å²) in [6.45, 7) is 9.57. The van der Waals surface area contributed by atoms with Crippen LogP contribution in [0.2, 0.25) is 0 Å². The van der Waals surface area contributed by atoms with Crippen molar-refractivity contribution in [3.8, 4) is 0 Å². The maximum atomic E-state index is 13.1. The number of ether oxygens (including phenoxy) is 4. The topological polar surface area (TPSA) is 237 Å². The molecule has 5 atom stereocenters. The summed E-state index contributed by atoms with van der Waals surface area (Å²) in [7, 11) is -9.91. The quantitative estimate of drug-likeness (QED) is 0.0222. The summed E-state index contributed by atoms with van der Waals surface area (Å²) in [5, 5.41) is 10.6. The fraction of sp³-hybridized carbons (Fsp3) is 0.950. The van der Waals surface area contributed by atoms with Crippen LogP contribution in [-0.2, 0) is 65.4 Å². The van der Waals surface area contributed by atoms with Crippen molar-refractivity contribution in [1.29, 1.82) is 0 Å². The van der Waals surface area contributed by atoms with Gasteiger partial charge in [-0.25, -0.2) is 9.13 Å². The first-order valence-electron chi connectivity index (χ1n) is 41.5. The highest BCUT2D eigenvalue weighted by molar-refractivity contribution is 7.47. The fourth-order valence-electron chi connectivity index (χ4n) is 12.4. The van der Waals surface area contributed by atoms with E-state index in [-0.39, 0.29) is 25.7 Å². The predicted octanol–water partition coefficient (Wildman–Crippen LogP) is 23.9. The van der Waals surface area contributed by atoms with Crippen molar-refractivity contribution >= 4 is 39.5 Å². The molecule has 0 heterocycles. The molecular formula is C80H156O17P2. The van der Waals surface area contributed by atoms with E-state index in [1.165, 1.54) is 231 Å². The number of hydrogen-bond donors (Lipinski definition) is 3. The molecule has 0 aliphatic rings. The Kier molecular flexibility index (Phi) is 70.3. The third-order valence-electron chi connectivity index (χ3n) is 18.7. The third-order valence-corrected chi connectivity index (χ3v) is 20.6. The molecule has 588 valence electrons. The van der Waals surface area contributed by atoms with E-state index in [4.69, 9.17) is 37.0 Å². The van der Waals surface area contributed by atoms with Crippen molar-refractivity contribution in [2.24, 2.45) is 11.8 Å². The molecule has 0 aromatic rings. The minimum atomic E-state index is -4.96. The maximum Gasteiger partial charge on any atom is 0.472 e. The smallest absolute Gasteiger partial charge is 0.462 e. The molecule has 0 radical (unpaired) electrons. The molecule has 99 heavy (non-hydrogen) atoms. The summed E-state index contributed by atoms with van der Waals surface area (Å²) in [4.78, 5) is 72.9. The van der Waals surface area contributed by atoms with Gasteiger partial charge in [0, 0.05) is 25.7 Å². The highest BCUT2D eigenvalue weighted by Gasteiger charge is 2.30. The van der Waals surface area contributed by atoms with E-state index in [9.17, 15) is 43.2 Å². The average Bonchev–Trinajstić information content (AvgIpc) is 1.01. The lowest BCUT2D eigenvalue weighted by atomic mass is 10.0. The number of aliphatic hydroxyl groups is 1. The Hall–Kier alpha value is -1.94. The van der Waals surface area contributed by atoms with Gasteiger partial charge in [0.2, 0.25) is 0 Å². The molecule has 0 amide bonds. The molecule has 0 fully saturated rings. The molecule has 2 unspecified atom stereocenters. The summed E-state index contributed by atoms with van der Waals surface area (Å²) in [5.41, 5.74) is 0. The summed E-state index contributed by atoms with van der Waals surface area (Å²) in [6, 6.07) is 0. The average molecular weight is 1450 g/mol. The molecule has 0 aliphatic carbocycles. The monoisotopic (exact) mass is 1450 g/mol. The number of phosphoric acid groups is 2. The van der Waals surface area contributed by atoms with Gasteiger partial charge in [-0.15, -0.1) is 0 Å². The van der Waals surface area contributed by atoms with Gasteiger partial charge >= 0.3 is 39.5 Å². The second-order valence-corrected chi connectivity index (χ2v) is 32.7. The molecule has 0 bridgehead atoms. The highest BCUT2D eigenvalue weighted by atomic mass is 31.2. The number of aliphatic hydroxyl groups excluding tert-OH is 1. The number of hydrogen-bond acceptors (Lipinski definition) is 15. The first-order valence-corrected chi connectivity index (χ1v) is 44.5. The van der Waals surface area contributed by atoms with Crippen molar-refractivity contribution in [1.82, 2.24) is 0 Å². The fourth-order valence-corrected chi connectivity index (χ4v) is 13.9. The Labute approximate surface area is 607 Å². The van der Waals surface area contributed by atoms with Crippen molar-refractivity contribution in [3.63, 3.8) is 0 Å². The SMILES string of the molecule is CCCCCCCCCCCCCCCCCCCCCC(=O)OC[C@H](COP(=O)(O)OC[C@@H](O)COP(=O)(O)OC[C@@H](COC(=O)CCCCCCCCC(C)C)OC(=O)CCCCCCCCCCCCCC)OC(=O)CCCCCCCCCCCCCCCCCCC(C)C. The Morgan fingerprint density at radius 2 is 0.465 bits per heavy atom. The molecule has 3 N–H and O–H groups in total. The van der Waals surface area contributed by atoms with Gasteiger partial charge in [-0.2, -0.15) is 0 Å². The van der Waals surface area contributed by atoms with Crippen LogP contribution in [0.1, 0.15) is 420 Å². The largest absolute Gasteiger partial charge is 0.472 e. The van der Waals surface area contributed by atoms with Gasteiger partial charge in [0.25, 0.3) is 0 Å². The Balaban J connectivity index is 5.21. The molecule has 19 heteroatoms. The molecular weight excluding hydrogens is 1290 g/mol. The Morgan fingerprint density at radius 3 is 0.687 bits per heavy atom. The van der Waals surface area contributed by atoms with E-state index in [1.54, 1.807) is 0 Å². The van der Waals surface area contributed by atoms with Crippen LogP contribution in [0.25, 0.3) is 0 Å². The zero-order valence-corrected chi connectivity index (χ0v) is 66.6. The second kappa shape index (κ2) is 71.7. The van der Waals surface area contributed by atoms with Crippen LogP contribution in [0.3, 0.4) is 0 Å². The van der Waals surface area contributed by atoms with Gasteiger partial charge in [0.15, 0.2) is 12.2 Å². The summed E-state index contributed by atoms with van der Waals surface area (Å²) < 4.78 is 68.6. The van der Waals surface area contributed by atoms with E-state index in [0.717, 1.165) is 102 Å². The first-order chi connectivity index (χ1) is 47.9. The van der Waals surface area contributed by atoms with E-state index in [0.29, 0.717) is 31.6 Å². The van der Waals surface area contributed by atoms with Crippen LogP contribution in [0.15, 0.2) is 0 Å². The molecule has 0 saturated carbocycles.